The summed E-state index contributed by atoms with van der Waals surface area (Å²) in [6.45, 7) is 5.46. The number of Topliss-reactive ketones (excluding diaryl/α,β-unsaturated/α-hetero) is 1. The van der Waals surface area contributed by atoms with Crippen LogP contribution < -0.4 is 0 Å². The number of hydrogen-bond acceptors (Lipinski definition) is 2. The van der Waals surface area contributed by atoms with Gasteiger partial charge in [-0.25, -0.2) is 0 Å². The molecule has 0 aromatic heterocycles. The van der Waals surface area contributed by atoms with Gasteiger partial charge in [-0.15, -0.1) is 0 Å². The summed E-state index contributed by atoms with van der Waals surface area (Å²) in [5.41, 5.74) is 0.191. The number of carbonyl (C=O) groups is 1. The second kappa shape index (κ2) is 2.32. The Labute approximate surface area is 73.3 Å². The Bertz CT molecular complexity index is 224. The van der Waals surface area contributed by atoms with Crippen molar-refractivity contribution in [3.8, 4) is 0 Å². The van der Waals surface area contributed by atoms with Gasteiger partial charge in [-0.2, -0.15) is 0 Å². The molecule has 1 aliphatic carbocycles. The highest BCUT2D eigenvalue weighted by atomic mass is 16.5. The average Bonchev–Trinajstić information content (AvgIpc) is 2.24. The maximum atomic E-state index is 11.4. The second-order valence-electron chi connectivity index (χ2n) is 4.82. The summed E-state index contributed by atoms with van der Waals surface area (Å²) in [4.78, 5) is 11.4. The van der Waals surface area contributed by atoms with Crippen LogP contribution in [-0.2, 0) is 9.53 Å². The molecule has 1 saturated carbocycles. The minimum absolute atomic E-state index is 0.104. The van der Waals surface area contributed by atoms with Gasteiger partial charge in [0.2, 0.25) is 0 Å². The van der Waals surface area contributed by atoms with Crippen molar-refractivity contribution >= 4 is 5.78 Å². The lowest BCUT2D eigenvalue weighted by atomic mass is 9.77. The monoisotopic (exact) mass is 168 g/mol. The van der Waals surface area contributed by atoms with Crippen LogP contribution in [0.4, 0.5) is 0 Å². The predicted octanol–water partition coefficient (Wildman–Crippen LogP) is 1.78. The number of carbonyl (C=O) groups excluding carboxylic acids is 1. The van der Waals surface area contributed by atoms with Crippen molar-refractivity contribution in [3.05, 3.63) is 0 Å². The molecular weight excluding hydrogens is 152 g/mol. The summed E-state index contributed by atoms with van der Waals surface area (Å²) in [7, 11) is 0. The van der Waals surface area contributed by atoms with E-state index in [2.05, 4.69) is 6.92 Å². The smallest absolute Gasteiger partial charge is 0.138 e. The van der Waals surface area contributed by atoms with Crippen molar-refractivity contribution in [2.24, 2.45) is 10.8 Å². The van der Waals surface area contributed by atoms with Crippen LogP contribution in [-0.4, -0.2) is 19.0 Å². The Morgan fingerprint density at radius 1 is 1.33 bits per heavy atom. The normalized spacial score (nSPS) is 46.2. The first-order valence-corrected chi connectivity index (χ1v) is 4.65. The van der Waals surface area contributed by atoms with Crippen molar-refractivity contribution in [3.63, 3.8) is 0 Å². The largest absolute Gasteiger partial charge is 0.380 e. The Kier molecular flexibility index (Phi) is 1.59. The number of hydrogen-bond donors (Lipinski definition) is 0. The van der Waals surface area contributed by atoms with E-state index < -0.39 is 0 Å². The molecule has 0 spiro atoms. The third kappa shape index (κ3) is 1.01. The molecule has 68 valence electrons. The lowest BCUT2D eigenvalue weighted by Crippen LogP contribution is -2.39. The fourth-order valence-corrected chi connectivity index (χ4v) is 2.68. The summed E-state index contributed by atoms with van der Waals surface area (Å²) >= 11 is 0. The fourth-order valence-electron chi connectivity index (χ4n) is 2.68. The molecule has 2 unspecified atom stereocenters. The minimum atomic E-state index is -0.104. The quantitative estimate of drug-likeness (QED) is 0.596. The molecule has 0 radical (unpaired) electrons. The van der Waals surface area contributed by atoms with Crippen molar-refractivity contribution in [1.29, 1.82) is 0 Å². The Hall–Kier alpha value is -0.370. The highest BCUT2D eigenvalue weighted by Gasteiger charge is 2.51. The van der Waals surface area contributed by atoms with Gasteiger partial charge < -0.3 is 4.74 Å². The van der Waals surface area contributed by atoms with Crippen LogP contribution in [0.25, 0.3) is 0 Å². The van der Waals surface area contributed by atoms with Gasteiger partial charge in [0.1, 0.15) is 5.78 Å². The van der Waals surface area contributed by atoms with Crippen LogP contribution in [0, 0.1) is 10.8 Å². The van der Waals surface area contributed by atoms with Crippen molar-refractivity contribution < 1.29 is 9.53 Å². The van der Waals surface area contributed by atoms with Gasteiger partial charge in [-0.05, 0) is 31.6 Å². The zero-order valence-corrected chi connectivity index (χ0v) is 7.85. The molecule has 1 saturated heterocycles. The maximum absolute atomic E-state index is 11.4. The third-order valence-electron chi connectivity index (χ3n) is 3.55. The van der Waals surface area contributed by atoms with Gasteiger partial charge in [-0.3, -0.25) is 4.79 Å². The van der Waals surface area contributed by atoms with Gasteiger partial charge >= 0.3 is 0 Å². The van der Waals surface area contributed by atoms with Crippen molar-refractivity contribution in [2.75, 3.05) is 13.2 Å². The Morgan fingerprint density at radius 2 is 2.08 bits per heavy atom. The number of fused-ring (bicyclic) bond motifs is 2. The second-order valence-corrected chi connectivity index (χ2v) is 4.82. The van der Waals surface area contributed by atoms with Gasteiger partial charge in [0.25, 0.3) is 0 Å². The van der Waals surface area contributed by atoms with E-state index in [1.54, 1.807) is 6.92 Å². The summed E-state index contributed by atoms with van der Waals surface area (Å²) in [6.07, 6.45) is 3.25. The molecule has 2 aliphatic rings. The zero-order valence-electron chi connectivity index (χ0n) is 7.85. The summed E-state index contributed by atoms with van der Waals surface area (Å²) in [5.74, 6) is 0.325. The van der Waals surface area contributed by atoms with Crippen LogP contribution in [0.1, 0.15) is 33.1 Å². The molecule has 2 fully saturated rings. The molecule has 2 bridgehead atoms. The molecule has 0 amide bonds. The molecule has 0 aromatic carbocycles. The van der Waals surface area contributed by atoms with Gasteiger partial charge in [0.15, 0.2) is 0 Å². The van der Waals surface area contributed by atoms with Crippen molar-refractivity contribution in [2.45, 2.75) is 33.1 Å². The number of ketones is 1. The van der Waals surface area contributed by atoms with E-state index in [4.69, 9.17) is 4.74 Å². The Balaban J connectivity index is 2.25. The summed E-state index contributed by atoms with van der Waals surface area (Å²) < 4.78 is 5.50. The molecule has 1 heterocycles. The summed E-state index contributed by atoms with van der Waals surface area (Å²) in [5, 5.41) is 0. The Morgan fingerprint density at radius 3 is 2.67 bits per heavy atom. The fraction of sp³-hybridized carbons (Fsp3) is 0.900. The molecule has 1 aliphatic heterocycles. The first-order valence-electron chi connectivity index (χ1n) is 4.65. The molecule has 2 atom stereocenters. The van der Waals surface area contributed by atoms with E-state index in [1.807, 2.05) is 0 Å². The predicted molar refractivity (Wildman–Crippen MR) is 45.9 cm³/mol. The highest BCUT2D eigenvalue weighted by Crippen LogP contribution is 2.53. The first-order chi connectivity index (χ1) is 5.56. The standard InChI is InChI=1S/C10H16O2/c1-8(11)10-4-3-9(2,5-10)6-12-7-10/h3-7H2,1-2H3. The van der Waals surface area contributed by atoms with Crippen molar-refractivity contribution in [1.82, 2.24) is 0 Å². The molecule has 2 rings (SSSR count). The van der Waals surface area contributed by atoms with E-state index in [9.17, 15) is 4.79 Å². The number of rotatable bonds is 1. The first kappa shape index (κ1) is 8.24. The van der Waals surface area contributed by atoms with Crippen LogP contribution in [0.5, 0.6) is 0 Å². The summed E-state index contributed by atoms with van der Waals surface area (Å²) in [6, 6.07) is 0. The third-order valence-corrected chi connectivity index (χ3v) is 3.55. The van der Waals surface area contributed by atoms with E-state index in [0.717, 1.165) is 25.9 Å². The van der Waals surface area contributed by atoms with E-state index in [1.165, 1.54) is 0 Å². The van der Waals surface area contributed by atoms with E-state index >= 15 is 0 Å². The number of ether oxygens (including phenoxy) is 1. The maximum Gasteiger partial charge on any atom is 0.138 e. The molecule has 2 heteroatoms. The molecule has 12 heavy (non-hydrogen) atoms. The SMILES string of the molecule is CC(=O)C12CCC(C)(COC1)C2. The topological polar surface area (TPSA) is 26.3 Å². The molecule has 0 aromatic rings. The minimum Gasteiger partial charge on any atom is -0.380 e. The molecular formula is C10H16O2. The van der Waals surface area contributed by atoms with Crippen LogP contribution in [0.2, 0.25) is 0 Å². The van der Waals surface area contributed by atoms with E-state index in [-0.39, 0.29) is 5.41 Å². The van der Waals surface area contributed by atoms with Crippen LogP contribution >= 0.6 is 0 Å². The average molecular weight is 168 g/mol. The van der Waals surface area contributed by atoms with Gasteiger partial charge in [-0.1, -0.05) is 6.92 Å². The zero-order chi connectivity index (χ0) is 8.82. The van der Waals surface area contributed by atoms with Crippen LogP contribution in [0.3, 0.4) is 0 Å². The highest BCUT2D eigenvalue weighted by molar-refractivity contribution is 5.83. The van der Waals surface area contributed by atoms with Gasteiger partial charge in [0, 0.05) is 0 Å². The molecule has 0 N–H and O–H groups in total. The lowest BCUT2D eigenvalue weighted by molar-refractivity contribution is -0.135. The van der Waals surface area contributed by atoms with Gasteiger partial charge in [0.05, 0.1) is 18.6 Å². The van der Waals surface area contributed by atoms with Crippen LogP contribution in [0.15, 0.2) is 0 Å². The lowest BCUT2D eigenvalue weighted by Gasteiger charge is -2.35. The molecule has 2 nitrogen and oxygen atoms in total. The van der Waals surface area contributed by atoms with E-state index in [0.29, 0.717) is 17.8 Å².